The summed E-state index contributed by atoms with van der Waals surface area (Å²) in [6.07, 6.45) is 3.35. The number of nitrogens with two attached hydrogens (primary N) is 1. The molecule has 0 aromatic heterocycles. The van der Waals surface area contributed by atoms with Crippen molar-refractivity contribution in [1.82, 2.24) is 4.72 Å². The number of nitro benzene ring substituents is 1. The SMILES string of the molecule is NC[C@H]1CCCC[C@H]1NS(=O)(=O)c1cc(F)cc([N+](=O)[O-])c1. The molecule has 3 N–H and O–H groups in total. The predicted molar refractivity (Wildman–Crippen MR) is 78.2 cm³/mol. The van der Waals surface area contributed by atoms with Gasteiger partial charge in [-0.05, 0) is 31.4 Å². The van der Waals surface area contributed by atoms with Crippen molar-refractivity contribution in [2.45, 2.75) is 36.6 Å². The molecule has 0 aliphatic heterocycles. The van der Waals surface area contributed by atoms with E-state index in [-0.39, 0.29) is 12.0 Å². The third kappa shape index (κ3) is 3.79. The van der Waals surface area contributed by atoms with E-state index in [4.69, 9.17) is 5.73 Å². The number of nitro groups is 1. The van der Waals surface area contributed by atoms with E-state index in [9.17, 15) is 22.9 Å². The Kier molecular flexibility index (Phi) is 5.09. The van der Waals surface area contributed by atoms with Crippen LogP contribution in [0.4, 0.5) is 10.1 Å². The fraction of sp³-hybridized carbons (Fsp3) is 0.538. The summed E-state index contributed by atoms with van der Waals surface area (Å²) in [7, 11) is -4.03. The first-order chi connectivity index (χ1) is 10.3. The maximum Gasteiger partial charge on any atom is 0.273 e. The molecule has 122 valence electrons. The number of hydrogen-bond donors (Lipinski definition) is 2. The van der Waals surface area contributed by atoms with E-state index in [0.29, 0.717) is 19.0 Å². The molecular formula is C13H18FN3O4S. The lowest BCUT2D eigenvalue weighted by Crippen LogP contribution is -2.44. The third-order valence-corrected chi connectivity index (χ3v) is 5.36. The largest absolute Gasteiger partial charge is 0.330 e. The van der Waals surface area contributed by atoms with Crippen LogP contribution in [0.25, 0.3) is 0 Å². The third-order valence-electron chi connectivity index (χ3n) is 3.90. The van der Waals surface area contributed by atoms with Crippen molar-refractivity contribution in [2.24, 2.45) is 11.7 Å². The van der Waals surface area contributed by atoms with Gasteiger partial charge in [-0.25, -0.2) is 17.5 Å². The Hall–Kier alpha value is -1.58. The lowest BCUT2D eigenvalue weighted by atomic mass is 9.85. The van der Waals surface area contributed by atoms with Crippen molar-refractivity contribution in [2.75, 3.05) is 6.54 Å². The van der Waals surface area contributed by atoms with E-state index >= 15 is 0 Å². The Balaban J connectivity index is 2.28. The average Bonchev–Trinajstić information content (AvgIpc) is 2.46. The first-order valence-electron chi connectivity index (χ1n) is 7.01. The average molecular weight is 331 g/mol. The van der Waals surface area contributed by atoms with Crippen LogP contribution in [0.1, 0.15) is 25.7 Å². The van der Waals surface area contributed by atoms with Gasteiger partial charge in [0.1, 0.15) is 5.82 Å². The molecule has 0 bridgehead atoms. The van der Waals surface area contributed by atoms with Gasteiger partial charge in [-0.3, -0.25) is 10.1 Å². The molecule has 0 unspecified atom stereocenters. The number of rotatable bonds is 5. The number of non-ortho nitro benzene ring substituents is 1. The van der Waals surface area contributed by atoms with Crippen molar-refractivity contribution in [3.05, 3.63) is 34.1 Å². The number of nitrogens with one attached hydrogen (secondary N) is 1. The van der Waals surface area contributed by atoms with E-state index in [1.807, 2.05) is 0 Å². The number of nitrogens with zero attached hydrogens (tertiary/aromatic N) is 1. The summed E-state index contributed by atoms with van der Waals surface area (Å²) in [5.74, 6) is -0.944. The Morgan fingerprint density at radius 3 is 2.64 bits per heavy atom. The summed E-state index contributed by atoms with van der Waals surface area (Å²) in [6.45, 7) is 0.358. The van der Waals surface area contributed by atoms with Crippen LogP contribution in [0.3, 0.4) is 0 Å². The Labute approximate surface area is 127 Å². The Morgan fingerprint density at radius 1 is 1.32 bits per heavy atom. The van der Waals surface area contributed by atoms with E-state index < -0.39 is 31.3 Å². The minimum absolute atomic E-state index is 0.0204. The van der Waals surface area contributed by atoms with Crippen molar-refractivity contribution in [3.63, 3.8) is 0 Å². The molecule has 7 nitrogen and oxygen atoms in total. The highest BCUT2D eigenvalue weighted by Crippen LogP contribution is 2.26. The van der Waals surface area contributed by atoms with Crippen LogP contribution in [0.2, 0.25) is 0 Å². The molecule has 1 aromatic rings. The number of sulfonamides is 1. The van der Waals surface area contributed by atoms with Gasteiger partial charge in [0.15, 0.2) is 0 Å². The van der Waals surface area contributed by atoms with Gasteiger partial charge in [-0.15, -0.1) is 0 Å². The zero-order valence-corrected chi connectivity index (χ0v) is 12.7. The van der Waals surface area contributed by atoms with Crippen LogP contribution >= 0.6 is 0 Å². The summed E-state index contributed by atoms with van der Waals surface area (Å²) in [5, 5.41) is 10.7. The maximum absolute atomic E-state index is 13.4. The minimum Gasteiger partial charge on any atom is -0.330 e. The number of benzene rings is 1. The van der Waals surface area contributed by atoms with Gasteiger partial charge in [0, 0.05) is 12.1 Å². The van der Waals surface area contributed by atoms with Crippen molar-refractivity contribution in [3.8, 4) is 0 Å². The summed E-state index contributed by atoms with van der Waals surface area (Å²) in [4.78, 5) is 9.46. The molecule has 0 amide bonds. The molecule has 0 radical (unpaired) electrons. The minimum atomic E-state index is -4.03. The highest BCUT2D eigenvalue weighted by Gasteiger charge is 2.29. The molecule has 0 heterocycles. The highest BCUT2D eigenvalue weighted by molar-refractivity contribution is 7.89. The summed E-state index contributed by atoms with van der Waals surface area (Å²) >= 11 is 0. The summed E-state index contributed by atoms with van der Waals surface area (Å²) in [5.41, 5.74) is 5.06. The fourth-order valence-corrected chi connectivity index (χ4v) is 4.11. The normalized spacial score (nSPS) is 22.5. The first kappa shape index (κ1) is 16.8. The van der Waals surface area contributed by atoms with Crippen LogP contribution in [-0.2, 0) is 10.0 Å². The Bertz CT molecular complexity index is 665. The second-order valence-electron chi connectivity index (χ2n) is 5.41. The molecule has 1 saturated carbocycles. The smallest absolute Gasteiger partial charge is 0.273 e. The summed E-state index contributed by atoms with van der Waals surface area (Å²) < 4.78 is 40.6. The monoisotopic (exact) mass is 331 g/mol. The van der Waals surface area contributed by atoms with Crippen molar-refractivity contribution >= 4 is 15.7 Å². The van der Waals surface area contributed by atoms with Crippen LogP contribution in [0.15, 0.2) is 23.1 Å². The topological polar surface area (TPSA) is 115 Å². The Morgan fingerprint density at radius 2 is 2.00 bits per heavy atom. The van der Waals surface area contributed by atoms with Crippen LogP contribution in [0, 0.1) is 21.8 Å². The molecule has 1 aromatic carbocycles. The second-order valence-corrected chi connectivity index (χ2v) is 7.12. The van der Waals surface area contributed by atoms with Crippen LogP contribution in [0.5, 0.6) is 0 Å². The lowest BCUT2D eigenvalue weighted by molar-refractivity contribution is -0.385. The lowest BCUT2D eigenvalue weighted by Gasteiger charge is -2.31. The van der Waals surface area contributed by atoms with Gasteiger partial charge in [-0.1, -0.05) is 12.8 Å². The molecule has 1 fully saturated rings. The van der Waals surface area contributed by atoms with Gasteiger partial charge in [0.2, 0.25) is 10.0 Å². The van der Waals surface area contributed by atoms with Crippen LogP contribution < -0.4 is 10.5 Å². The van der Waals surface area contributed by atoms with E-state index in [1.54, 1.807) is 0 Å². The quantitative estimate of drug-likeness (QED) is 0.627. The fourth-order valence-electron chi connectivity index (χ4n) is 2.72. The van der Waals surface area contributed by atoms with Crippen molar-refractivity contribution < 1.29 is 17.7 Å². The molecule has 1 aliphatic carbocycles. The molecule has 0 saturated heterocycles. The van der Waals surface area contributed by atoms with E-state index in [1.165, 1.54) is 0 Å². The zero-order chi connectivity index (χ0) is 16.3. The van der Waals surface area contributed by atoms with E-state index in [0.717, 1.165) is 31.4 Å². The predicted octanol–water partition coefficient (Wildman–Crippen LogP) is 1.53. The molecule has 0 spiro atoms. The molecule has 2 rings (SSSR count). The summed E-state index contributed by atoms with van der Waals surface area (Å²) in [6, 6.07) is 1.98. The molecular weight excluding hydrogens is 313 g/mol. The zero-order valence-electron chi connectivity index (χ0n) is 11.9. The van der Waals surface area contributed by atoms with E-state index in [2.05, 4.69) is 4.72 Å². The first-order valence-corrected chi connectivity index (χ1v) is 8.49. The number of hydrogen-bond acceptors (Lipinski definition) is 5. The standard InChI is InChI=1S/C13H18FN3O4S/c14-10-5-11(17(18)19)7-12(6-10)22(20,21)16-13-4-2-1-3-9(13)8-15/h5-7,9,13,16H,1-4,8,15H2/t9-,13-/m1/s1. The molecule has 22 heavy (non-hydrogen) atoms. The highest BCUT2D eigenvalue weighted by atomic mass is 32.2. The van der Waals surface area contributed by atoms with Crippen molar-refractivity contribution in [1.29, 1.82) is 0 Å². The van der Waals surface area contributed by atoms with Gasteiger partial charge in [0.05, 0.1) is 15.9 Å². The van der Waals surface area contributed by atoms with Gasteiger partial charge in [-0.2, -0.15) is 0 Å². The second kappa shape index (κ2) is 6.67. The molecule has 9 heteroatoms. The van der Waals surface area contributed by atoms with Crippen LogP contribution in [-0.4, -0.2) is 25.9 Å². The molecule has 2 atom stereocenters. The number of halogens is 1. The van der Waals surface area contributed by atoms with Gasteiger partial charge >= 0.3 is 0 Å². The maximum atomic E-state index is 13.4. The van der Waals surface area contributed by atoms with Gasteiger partial charge < -0.3 is 5.73 Å². The molecule has 1 aliphatic rings. The van der Waals surface area contributed by atoms with Gasteiger partial charge in [0.25, 0.3) is 5.69 Å².